The molecular formula is C23H19N3O5S. The third kappa shape index (κ3) is 4.23. The SMILES string of the molecule is CCOc1cc([N+](=O)[O-])c(C(=O)Nc2cccc(-c3nc4ccccc4s3)c2)cc1OC. The molecule has 0 bridgehead atoms. The van der Waals surface area contributed by atoms with Crippen LogP contribution in [0.3, 0.4) is 0 Å². The third-order valence-electron chi connectivity index (χ3n) is 4.68. The Balaban J connectivity index is 1.65. The molecule has 0 saturated carbocycles. The Morgan fingerprint density at radius 2 is 1.94 bits per heavy atom. The van der Waals surface area contributed by atoms with Crippen LogP contribution in [0.25, 0.3) is 20.8 Å². The molecule has 0 unspecified atom stereocenters. The summed E-state index contributed by atoms with van der Waals surface area (Å²) in [7, 11) is 1.41. The number of nitro benzene ring substituents is 1. The van der Waals surface area contributed by atoms with Gasteiger partial charge in [0.1, 0.15) is 10.6 Å². The highest BCUT2D eigenvalue weighted by Gasteiger charge is 2.25. The molecule has 0 aliphatic rings. The lowest BCUT2D eigenvalue weighted by molar-refractivity contribution is -0.385. The van der Waals surface area contributed by atoms with Crippen LogP contribution in [-0.2, 0) is 0 Å². The van der Waals surface area contributed by atoms with E-state index in [2.05, 4.69) is 10.3 Å². The Hall–Kier alpha value is -3.98. The number of carbonyl (C=O) groups is 1. The number of aromatic nitrogens is 1. The molecule has 0 spiro atoms. The molecule has 3 aromatic carbocycles. The Labute approximate surface area is 187 Å². The topological polar surface area (TPSA) is 104 Å². The minimum atomic E-state index is -0.625. The number of rotatable bonds is 7. The van der Waals surface area contributed by atoms with Crippen molar-refractivity contribution in [3.8, 4) is 22.1 Å². The zero-order chi connectivity index (χ0) is 22.7. The fourth-order valence-corrected chi connectivity index (χ4v) is 4.20. The van der Waals surface area contributed by atoms with Gasteiger partial charge >= 0.3 is 0 Å². The number of nitrogens with one attached hydrogen (secondary N) is 1. The van der Waals surface area contributed by atoms with E-state index in [-0.39, 0.29) is 22.7 Å². The number of benzene rings is 3. The largest absolute Gasteiger partial charge is 0.493 e. The van der Waals surface area contributed by atoms with Gasteiger partial charge in [0.15, 0.2) is 11.5 Å². The first-order valence-electron chi connectivity index (χ1n) is 9.76. The Bertz CT molecular complexity index is 1290. The summed E-state index contributed by atoms with van der Waals surface area (Å²) in [4.78, 5) is 28.5. The molecule has 0 aliphatic carbocycles. The van der Waals surface area contributed by atoms with Gasteiger partial charge in [-0.15, -0.1) is 11.3 Å². The van der Waals surface area contributed by atoms with Gasteiger partial charge < -0.3 is 14.8 Å². The van der Waals surface area contributed by atoms with E-state index in [0.29, 0.717) is 12.3 Å². The van der Waals surface area contributed by atoms with E-state index in [1.807, 2.05) is 30.3 Å². The van der Waals surface area contributed by atoms with E-state index in [1.54, 1.807) is 36.5 Å². The number of amides is 1. The van der Waals surface area contributed by atoms with Crippen molar-refractivity contribution in [1.29, 1.82) is 0 Å². The highest BCUT2D eigenvalue weighted by Crippen LogP contribution is 2.36. The quantitative estimate of drug-likeness (QED) is 0.294. The van der Waals surface area contributed by atoms with Crippen molar-refractivity contribution in [1.82, 2.24) is 4.98 Å². The molecule has 0 saturated heterocycles. The zero-order valence-electron chi connectivity index (χ0n) is 17.3. The normalized spacial score (nSPS) is 10.7. The maximum Gasteiger partial charge on any atom is 0.286 e. The van der Waals surface area contributed by atoms with Gasteiger partial charge in [-0.3, -0.25) is 14.9 Å². The van der Waals surface area contributed by atoms with Gasteiger partial charge in [0.2, 0.25) is 0 Å². The van der Waals surface area contributed by atoms with Gasteiger partial charge in [-0.25, -0.2) is 4.98 Å². The molecule has 1 aromatic heterocycles. The molecule has 4 aromatic rings. The Morgan fingerprint density at radius 3 is 2.66 bits per heavy atom. The number of hydrogen-bond acceptors (Lipinski definition) is 7. The number of hydrogen-bond donors (Lipinski definition) is 1. The van der Waals surface area contributed by atoms with E-state index >= 15 is 0 Å². The molecule has 1 amide bonds. The molecule has 0 aliphatic heterocycles. The molecule has 9 heteroatoms. The van der Waals surface area contributed by atoms with Gasteiger partial charge in [0.05, 0.1) is 34.9 Å². The van der Waals surface area contributed by atoms with Crippen LogP contribution in [0, 0.1) is 10.1 Å². The maximum atomic E-state index is 12.9. The number of ether oxygens (including phenoxy) is 2. The molecule has 1 N–H and O–H groups in total. The van der Waals surface area contributed by atoms with Crippen LogP contribution in [0.1, 0.15) is 17.3 Å². The average Bonchev–Trinajstić information content (AvgIpc) is 3.23. The van der Waals surface area contributed by atoms with E-state index < -0.39 is 10.8 Å². The molecule has 4 rings (SSSR count). The monoisotopic (exact) mass is 449 g/mol. The van der Waals surface area contributed by atoms with E-state index in [1.165, 1.54) is 19.2 Å². The van der Waals surface area contributed by atoms with Gasteiger partial charge in [-0.1, -0.05) is 24.3 Å². The third-order valence-corrected chi connectivity index (χ3v) is 5.77. The first-order chi connectivity index (χ1) is 15.5. The van der Waals surface area contributed by atoms with Gasteiger partial charge in [-0.2, -0.15) is 0 Å². The molecule has 0 fully saturated rings. The zero-order valence-corrected chi connectivity index (χ0v) is 18.1. The number of fused-ring (bicyclic) bond motifs is 1. The number of anilines is 1. The fraction of sp³-hybridized carbons (Fsp3) is 0.130. The van der Waals surface area contributed by atoms with Crippen LogP contribution < -0.4 is 14.8 Å². The van der Waals surface area contributed by atoms with Crippen LogP contribution in [0.5, 0.6) is 11.5 Å². The second-order valence-electron chi connectivity index (χ2n) is 6.73. The summed E-state index contributed by atoms with van der Waals surface area (Å²) in [5, 5.41) is 15.1. The van der Waals surface area contributed by atoms with Gasteiger partial charge in [0.25, 0.3) is 11.6 Å². The molecule has 0 atom stereocenters. The van der Waals surface area contributed by atoms with Gasteiger partial charge in [0, 0.05) is 17.3 Å². The van der Waals surface area contributed by atoms with Crippen molar-refractivity contribution in [2.75, 3.05) is 19.0 Å². The number of nitro groups is 1. The van der Waals surface area contributed by atoms with Crippen molar-refractivity contribution < 1.29 is 19.2 Å². The Morgan fingerprint density at radius 1 is 1.12 bits per heavy atom. The maximum absolute atomic E-state index is 12.9. The average molecular weight is 449 g/mol. The number of methoxy groups -OCH3 is 1. The molecule has 1 heterocycles. The second-order valence-corrected chi connectivity index (χ2v) is 7.76. The Kier molecular flexibility index (Phi) is 6.00. The van der Waals surface area contributed by atoms with Crippen LogP contribution >= 0.6 is 11.3 Å². The minimum Gasteiger partial charge on any atom is -0.493 e. The van der Waals surface area contributed by atoms with Crippen LogP contribution in [0.4, 0.5) is 11.4 Å². The summed E-state index contributed by atoms with van der Waals surface area (Å²) in [5.41, 5.74) is 1.74. The van der Waals surface area contributed by atoms with Crippen LogP contribution in [0.15, 0.2) is 60.7 Å². The highest BCUT2D eigenvalue weighted by atomic mass is 32.1. The molecule has 162 valence electrons. The number of para-hydroxylation sites is 1. The van der Waals surface area contributed by atoms with E-state index in [0.717, 1.165) is 20.8 Å². The predicted octanol–water partition coefficient (Wildman–Crippen LogP) is 5.53. The summed E-state index contributed by atoms with van der Waals surface area (Å²) in [6, 6.07) is 17.5. The van der Waals surface area contributed by atoms with Crippen molar-refractivity contribution in [3.05, 3.63) is 76.3 Å². The lowest BCUT2D eigenvalue weighted by Gasteiger charge is -2.12. The number of nitrogens with zero attached hydrogens (tertiary/aromatic N) is 2. The molecule has 32 heavy (non-hydrogen) atoms. The molecule has 8 nitrogen and oxygen atoms in total. The summed E-state index contributed by atoms with van der Waals surface area (Å²) in [6.45, 7) is 2.06. The summed E-state index contributed by atoms with van der Waals surface area (Å²) >= 11 is 1.55. The number of carbonyl (C=O) groups excluding carboxylic acids is 1. The molecule has 0 radical (unpaired) electrons. The highest BCUT2D eigenvalue weighted by molar-refractivity contribution is 7.21. The van der Waals surface area contributed by atoms with E-state index in [9.17, 15) is 14.9 Å². The first-order valence-corrected chi connectivity index (χ1v) is 10.6. The lowest BCUT2D eigenvalue weighted by Crippen LogP contribution is -2.14. The van der Waals surface area contributed by atoms with Crippen LogP contribution in [0.2, 0.25) is 0 Å². The summed E-state index contributed by atoms with van der Waals surface area (Å²) < 4.78 is 11.7. The van der Waals surface area contributed by atoms with Gasteiger partial charge in [-0.05, 0) is 31.2 Å². The lowest BCUT2D eigenvalue weighted by atomic mass is 10.1. The van der Waals surface area contributed by atoms with Crippen molar-refractivity contribution in [2.45, 2.75) is 6.92 Å². The minimum absolute atomic E-state index is 0.124. The predicted molar refractivity (Wildman–Crippen MR) is 124 cm³/mol. The van der Waals surface area contributed by atoms with Crippen molar-refractivity contribution in [2.24, 2.45) is 0 Å². The summed E-state index contributed by atoms with van der Waals surface area (Å²) in [6.07, 6.45) is 0. The second kappa shape index (κ2) is 9.03. The van der Waals surface area contributed by atoms with Crippen LogP contribution in [-0.4, -0.2) is 29.5 Å². The number of thiazole rings is 1. The standard InChI is InChI=1S/C23H19N3O5S/c1-3-31-20-13-18(26(28)29)16(12-19(20)30-2)22(27)24-15-8-6-7-14(11-15)23-25-17-9-4-5-10-21(17)32-23/h4-13H,3H2,1-2H3,(H,24,27). The van der Waals surface area contributed by atoms with Crippen molar-refractivity contribution in [3.63, 3.8) is 0 Å². The smallest absolute Gasteiger partial charge is 0.286 e. The van der Waals surface area contributed by atoms with E-state index in [4.69, 9.17) is 9.47 Å². The van der Waals surface area contributed by atoms with Crippen molar-refractivity contribution >= 4 is 38.8 Å². The molecular weight excluding hydrogens is 430 g/mol. The fourth-order valence-electron chi connectivity index (χ4n) is 3.23. The first kappa shape index (κ1) is 21.3. The summed E-state index contributed by atoms with van der Waals surface area (Å²) in [5.74, 6) is -0.179.